The van der Waals surface area contributed by atoms with Crippen molar-refractivity contribution in [2.24, 2.45) is 7.05 Å². The van der Waals surface area contributed by atoms with Crippen molar-refractivity contribution in [3.8, 4) is 0 Å². The molecule has 0 atom stereocenters. The minimum Gasteiger partial charge on any atom is -0.369 e. The Morgan fingerprint density at radius 2 is 2.04 bits per heavy atom. The average Bonchev–Trinajstić information content (AvgIpc) is 3.27. The van der Waals surface area contributed by atoms with Gasteiger partial charge in [0, 0.05) is 32.3 Å². The highest BCUT2D eigenvalue weighted by Gasteiger charge is 2.26. The number of nitrogens with zero attached hydrogens (tertiary/aromatic N) is 8. The van der Waals surface area contributed by atoms with Crippen LogP contribution in [0.2, 0.25) is 0 Å². The quantitative estimate of drug-likeness (QED) is 0.713. The molecule has 0 unspecified atom stereocenters. The first-order valence-electron chi connectivity index (χ1n) is 8.27. The van der Waals surface area contributed by atoms with Gasteiger partial charge in [0.2, 0.25) is 0 Å². The topological polar surface area (TPSA) is 77.5 Å². The minimum atomic E-state index is -0.269. The molecule has 0 radical (unpaired) electrons. The zero-order valence-corrected chi connectivity index (χ0v) is 14.0. The Labute approximate surface area is 144 Å². The minimum absolute atomic E-state index is 0.269. The van der Waals surface area contributed by atoms with Crippen molar-refractivity contribution in [3.63, 3.8) is 0 Å². The van der Waals surface area contributed by atoms with Gasteiger partial charge >= 0.3 is 0 Å². The summed E-state index contributed by atoms with van der Waals surface area (Å²) in [7, 11) is 1.98. The maximum atomic E-state index is 13.9. The van der Waals surface area contributed by atoms with Crippen LogP contribution in [0.5, 0.6) is 0 Å². The van der Waals surface area contributed by atoms with Gasteiger partial charge in [0.15, 0.2) is 11.6 Å². The molecule has 0 saturated carbocycles. The zero-order chi connectivity index (χ0) is 17.2. The second-order valence-electron chi connectivity index (χ2n) is 6.21. The average molecular weight is 342 g/mol. The lowest BCUT2D eigenvalue weighted by atomic mass is 9.95. The first-order valence-corrected chi connectivity index (χ1v) is 8.27. The standard InChI is InChI=1S/C16H19FN8/c1-23-15(9-25-11-19-10-20-25)21-22-16(23)12-3-6-24(7-4-12)14-2-5-18-8-13(14)17/h2,5,8,10-12H,3-4,6-7,9H2,1H3. The van der Waals surface area contributed by atoms with E-state index >= 15 is 0 Å². The van der Waals surface area contributed by atoms with Crippen molar-refractivity contribution < 1.29 is 4.39 Å². The van der Waals surface area contributed by atoms with E-state index in [1.54, 1.807) is 23.3 Å². The van der Waals surface area contributed by atoms with Crippen molar-refractivity contribution in [1.82, 2.24) is 34.5 Å². The lowest BCUT2D eigenvalue weighted by Gasteiger charge is -2.33. The van der Waals surface area contributed by atoms with E-state index in [0.717, 1.165) is 37.6 Å². The molecule has 0 aliphatic carbocycles. The SMILES string of the molecule is Cn1c(Cn2cncn2)nnc1C1CCN(c2ccncc2F)CC1. The third-order valence-corrected chi connectivity index (χ3v) is 4.72. The van der Waals surface area contributed by atoms with Gasteiger partial charge in [-0.1, -0.05) is 0 Å². The van der Waals surface area contributed by atoms with E-state index in [1.165, 1.54) is 12.5 Å². The van der Waals surface area contributed by atoms with Gasteiger partial charge in [0.1, 0.15) is 25.0 Å². The highest BCUT2D eigenvalue weighted by atomic mass is 19.1. The van der Waals surface area contributed by atoms with Crippen molar-refractivity contribution in [1.29, 1.82) is 0 Å². The number of hydrogen-bond donors (Lipinski definition) is 0. The van der Waals surface area contributed by atoms with Gasteiger partial charge in [-0.15, -0.1) is 10.2 Å². The number of aromatic nitrogens is 7. The Hall–Kier alpha value is -2.84. The van der Waals surface area contributed by atoms with E-state index in [1.807, 2.05) is 11.6 Å². The fourth-order valence-corrected chi connectivity index (χ4v) is 3.33. The van der Waals surface area contributed by atoms with Gasteiger partial charge in [-0.2, -0.15) is 5.10 Å². The fraction of sp³-hybridized carbons (Fsp3) is 0.438. The molecule has 130 valence electrons. The largest absolute Gasteiger partial charge is 0.369 e. The van der Waals surface area contributed by atoms with Crippen LogP contribution in [0.4, 0.5) is 10.1 Å². The molecule has 1 aliphatic rings. The van der Waals surface area contributed by atoms with Crippen molar-refractivity contribution in [3.05, 3.63) is 48.6 Å². The summed E-state index contributed by atoms with van der Waals surface area (Å²) in [6, 6.07) is 1.73. The van der Waals surface area contributed by atoms with Gasteiger partial charge in [0.25, 0.3) is 0 Å². The van der Waals surface area contributed by atoms with E-state index in [4.69, 9.17) is 0 Å². The smallest absolute Gasteiger partial charge is 0.164 e. The molecule has 0 bridgehead atoms. The summed E-state index contributed by atoms with van der Waals surface area (Å²) in [5.41, 5.74) is 0.623. The van der Waals surface area contributed by atoms with Crippen molar-refractivity contribution >= 4 is 5.69 Å². The molecule has 0 spiro atoms. The van der Waals surface area contributed by atoms with Crippen LogP contribution in [0, 0.1) is 5.82 Å². The van der Waals surface area contributed by atoms with Gasteiger partial charge in [-0.05, 0) is 18.9 Å². The summed E-state index contributed by atoms with van der Waals surface area (Å²) in [5.74, 6) is 1.88. The van der Waals surface area contributed by atoms with Crippen molar-refractivity contribution in [2.45, 2.75) is 25.3 Å². The number of halogens is 1. The van der Waals surface area contributed by atoms with Crippen LogP contribution in [0.25, 0.3) is 0 Å². The lowest BCUT2D eigenvalue weighted by molar-refractivity contribution is 0.466. The first-order chi connectivity index (χ1) is 12.2. The van der Waals surface area contributed by atoms with Gasteiger partial charge in [0.05, 0.1) is 11.9 Å². The molecule has 3 aromatic rings. The Morgan fingerprint density at radius 1 is 1.20 bits per heavy atom. The maximum Gasteiger partial charge on any atom is 0.164 e. The molecule has 9 heteroatoms. The van der Waals surface area contributed by atoms with E-state index in [9.17, 15) is 4.39 Å². The van der Waals surface area contributed by atoms with Crippen LogP contribution in [0.3, 0.4) is 0 Å². The Kier molecular flexibility index (Phi) is 4.12. The van der Waals surface area contributed by atoms with E-state index in [2.05, 4.69) is 30.2 Å². The van der Waals surface area contributed by atoms with Crippen molar-refractivity contribution in [2.75, 3.05) is 18.0 Å². The third kappa shape index (κ3) is 3.09. The van der Waals surface area contributed by atoms with E-state index in [-0.39, 0.29) is 5.82 Å². The van der Waals surface area contributed by atoms with Crippen LogP contribution in [0.1, 0.15) is 30.4 Å². The van der Waals surface area contributed by atoms with Gasteiger partial charge < -0.3 is 9.47 Å². The molecular formula is C16H19FN8. The molecule has 0 aromatic carbocycles. The Balaban J connectivity index is 1.44. The van der Waals surface area contributed by atoms with Gasteiger partial charge in [-0.3, -0.25) is 4.98 Å². The van der Waals surface area contributed by atoms with E-state index in [0.29, 0.717) is 18.2 Å². The molecular weight excluding hydrogens is 323 g/mol. The number of piperidine rings is 1. The Morgan fingerprint density at radius 3 is 2.76 bits per heavy atom. The van der Waals surface area contributed by atoms with Crippen LogP contribution in [0.15, 0.2) is 31.1 Å². The van der Waals surface area contributed by atoms with Crippen LogP contribution in [-0.2, 0) is 13.6 Å². The molecule has 1 aliphatic heterocycles. The Bertz CT molecular complexity index is 836. The number of anilines is 1. The maximum absolute atomic E-state index is 13.9. The molecule has 1 fully saturated rings. The van der Waals surface area contributed by atoms with Gasteiger partial charge in [-0.25, -0.2) is 14.1 Å². The third-order valence-electron chi connectivity index (χ3n) is 4.72. The monoisotopic (exact) mass is 342 g/mol. The summed E-state index contributed by atoms with van der Waals surface area (Å²) in [6.45, 7) is 2.12. The lowest BCUT2D eigenvalue weighted by Crippen LogP contribution is -2.34. The van der Waals surface area contributed by atoms with Crippen LogP contribution in [-0.4, -0.2) is 47.6 Å². The zero-order valence-electron chi connectivity index (χ0n) is 14.0. The fourth-order valence-electron chi connectivity index (χ4n) is 3.33. The summed E-state index contributed by atoms with van der Waals surface area (Å²) < 4.78 is 17.7. The second-order valence-corrected chi connectivity index (χ2v) is 6.21. The summed E-state index contributed by atoms with van der Waals surface area (Å²) in [4.78, 5) is 9.82. The highest BCUT2D eigenvalue weighted by Crippen LogP contribution is 2.30. The van der Waals surface area contributed by atoms with Crippen LogP contribution < -0.4 is 4.90 Å². The molecule has 3 aromatic heterocycles. The first kappa shape index (κ1) is 15.7. The predicted molar refractivity (Wildman–Crippen MR) is 88.5 cm³/mol. The van der Waals surface area contributed by atoms with Crippen LogP contribution >= 0.6 is 0 Å². The molecule has 4 heterocycles. The molecule has 0 amide bonds. The number of hydrogen-bond acceptors (Lipinski definition) is 6. The summed E-state index contributed by atoms with van der Waals surface area (Å²) in [5, 5.41) is 12.8. The predicted octanol–water partition coefficient (Wildman–Crippen LogP) is 1.37. The van der Waals surface area contributed by atoms with E-state index < -0.39 is 0 Å². The normalized spacial score (nSPS) is 15.7. The summed E-state index contributed by atoms with van der Waals surface area (Å²) in [6.07, 6.45) is 7.89. The molecule has 8 nitrogen and oxygen atoms in total. The molecule has 0 N–H and O–H groups in total. The number of pyridine rings is 1. The molecule has 1 saturated heterocycles. The number of rotatable bonds is 4. The second kappa shape index (κ2) is 6.58. The molecule has 25 heavy (non-hydrogen) atoms. The summed E-state index contributed by atoms with van der Waals surface area (Å²) >= 11 is 0. The molecule has 4 rings (SSSR count). The highest BCUT2D eigenvalue weighted by molar-refractivity contribution is 5.46.